The largest absolute Gasteiger partial charge is 0.496 e. The second-order valence-corrected chi connectivity index (χ2v) is 7.37. The first-order valence-electron chi connectivity index (χ1n) is 10.5. The number of methoxy groups -OCH3 is 1. The normalized spacial score (nSPS) is 15.1. The Morgan fingerprint density at radius 3 is 2.50 bits per heavy atom. The molecule has 1 aliphatic rings. The summed E-state index contributed by atoms with van der Waals surface area (Å²) in [4.78, 5) is 29.4. The molecule has 168 valence electrons. The van der Waals surface area contributed by atoms with Crippen LogP contribution in [0.3, 0.4) is 0 Å². The van der Waals surface area contributed by atoms with E-state index in [1.54, 1.807) is 31.4 Å². The van der Waals surface area contributed by atoms with Gasteiger partial charge in [-0.3, -0.25) is 19.8 Å². The van der Waals surface area contributed by atoms with E-state index in [-0.39, 0.29) is 10.7 Å². The molecule has 1 saturated heterocycles. The summed E-state index contributed by atoms with van der Waals surface area (Å²) >= 11 is 5.28. The Labute approximate surface area is 193 Å². The lowest BCUT2D eigenvalue weighted by Gasteiger charge is -2.29. The maximum Gasteiger partial charge on any atom is 0.270 e. The lowest BCUT2D eigenvalue weighted by Crippen LogP contribution is -2.54. The van der Waals surface area contributed by atoms with Gasteiger partial charge in [0, 0.05) is 36.5 Å². The maximum atomic E-state index is 13.3. The molecule has 1 aliphatic heterocycles. The molecule has 7 nitrogen and oxygen atoms in total. The van der Waals surface area contributed by atoms with Gasteiger partial charge in [0.15, 0.2) is 5.11 Å². The molecule has 0 atom stereocenters. The van der Waals surface area contributed by atoms with E-state index in [2.05, 4.69) is 24.1 Å². The molecule has 1 heterocycles. The van der Waals surface area contributed by atoms with Gasteiger partial charge in [-0.2, -0.15) is 0 Å². The zero-order valence-corrected chi connectivity index (χ0v) is 19.5. The predicted octanol–water partition coefficient (Wildman–Crippen LogP) is 3.77. The number of carbonyl (C=O) groups excluding carboxylic acids is 2. The minimum absolute atomic E-state index is 0.0228. The maximum absolute atomic E-state index is 13.3. The molecule has 1 fully saturated rings. The fourth-order valence-corrected chi connectivity index (χ4v) is 3.81. The highest BCUT2D eigenvalue weighted by Crippen LogP contribution is 2.30. The summed E-state index contributed by atoms with van der Waals surface area (Å²) in [6.07, 6.45) is 1.53. The molecule has 0 aliphatic carbocycles. The lowest BCUT2D eigenvalue weighted by molar-refractivity contribution is -0.122. The van der Waals surface area contributed by atoms with E-state index in [0.717, 1.165) is 18.8 Å². The van der Waals surface area contributed by atoms with Crippen molar-refractivity contribution >= 4 is 46.6 Å². The zero-order valence-electron chi connectivity index (χ0n) is 18.7. The van der Waals surface area contributed by atoms with Gasteiger partial charge in [0.1, 0.15) is 17.1 Å². The van der Waals surface area contributed by atoms with Crippen molar-refractivity contribution in [3.05, 3.63) is 53.6 Å². The number of hydrogen-bond acceptors (Lipinski definition) is 6. The minimum atomic E-state index is -0.549. The van der Waals surface area contributed by atoms with Gasteiger partial charge in [-0.25, -0.2) is 0 Å². The van der Waals surface area contributed by atoms with Crippen LogP contribution in [-0.2, 0) is 9.59 Å². The van der Waals surface area contributed by atoms with Crippen LogP contribution < -0.4 is 24.6 Å². The SMILES string of the molecule is CCOc1cccc(N2C(=O)/C(=C/c3ccc(N(CC)CC)cc3OC)C(=O)NC2=S)c1. The molecule has 32 heavy (non-hydrogen) atoms. The van der Waals surface area contributed by atoms with E-state index < -0.39 is 11.8 Å². The zero-order chi connectivity index (χ0) is 23.3. The van der Waals surface area contributed by atoms with Crippen molar-refractivity contribution in [2.45, 2.75) is 20.8 Å². The van der Waals surface area contributed by atoms with Crippen molar-refractivity contribution < 1.29 is 19.1 Å². The Bertz CT molecular complexity index is 1060. The number of anilines is 2. The highest BCUT2D eigenvalue weighted by atomic mass is 32.1. The minimum Gasteiger partial charge on any atom is -0.496 e. The van der Waals surface area contributed by atoms with Crippen molar-refractivity contribution in [1.82, 2.24) is 5.32 Å². The van der Waals surface area contributed by atoms with Gasteiger partial charge in [0.05, 0.1) is 19.4 Å². The van der Waals surface area contributed by atoms with Crippen molar-refractivity contribution in [3.8, 4) is 11.5 Å². The van der Waals surface area contributed by atoms with E-state index in [4.69, 9.17) is 21.7 Å². The van der Waals surface area contributed by atoms with Crippen LogP contribution in [0.2, 0.25) is 0 Å². The number of hydrogen-bond donors (Lipinski definition) is 1. The Kier molecular flexibility index (Phi) is 7.48. The number of carbonyl (C=O) groups is 2. The average Bonchev–Trinajstić information content (AvgIpc) is 2.78. The monoisotopic (exact) mass is 453 g/mol. The average molecular weight is 454 g/mol. The van der Waals surface area contributed by atoms with Gasteiger partial charge in [0.2, 0.25) is 0 Å². The van der Waals surface area contributed by atoms with Crippen LogP contribution in [0.25, 0.3) is 6.08 Å². The van der Waals surface area contributed by atoms with Gasteiger partial charge >= 0.3 is 0 Å². The summed E-state index contributed by atoms with van der Waals surface area (Å²) in [5, 5.41) is 2.63. The summed E-state index contributed by atoms with van der Waals surface area (Å²) in [7, 11) is 1.56. The van der Waals surface area contributed by atoms with Crippen molar-refractivity contribution in [2.75, 3.05) is 36.6 Å². The molecule has 2 aromatic rings. The third kappa shape index (κ3) is 4.75. The van der Waals surface area contributed by atoms with E-state index in [9.17, 15) is 9.59 Å². The van der Waals surface area contributed by atoms with Crippen LogP contribution >= 0.6 is 12.2 Å². The van der Waals surface area contributed by atoms with E-state index in [1.165, 1.54) is 11.0 Å². The smallest absolute Gasteiger partial charge is 0.270 e. The van der Waals surface area contributed by atoms with Crippen LogP contribution in [0.1, 0.15) is 26.3 Å². The summed E-state index contributed by atoms with van der Waals surface area (Å²) < 4.78 is 11.1. The van der Waals surface area contributed by atoms with Crippen LogP contribution in [0, 0.1) is 0 Å². The molecule has 8 heteroatoms. The first-order valence-corrected chi connectivity index (χ1v) is 10.9. The van der Waals surface area contributed by atoms with Crippen molar-refractivity contribution in [1.29, 1.82) is 0 Å². The summed E-state index contributed by atoms with van der Waals surface area (Å²) in [5.41, 5.74) is 2.11. The van der Waals surface area contributed by atoms with E-state index >= 15 is 0 Å². The second kappa shape index (κ2) is 10.3. The number of ether oxygens (including phenoxy) is 2. The molecule has 0 bridgehead atoms. The summed E-state index contributed by atoms with van der Waals surface area (Å²) in [6.45, 7) is 8.24. The molecule has 0 unspecified atom stereocenters. The third-order valence-corrected chi connectivity index (χ3v) is 5.42. The van der Waals surface area contributed by atoms with Gasteiger partial charge in [-0.15, -0.1) is 0 Å². The molecule has 2 aromatic carbocycles. The fraction of sp³-hybridized carbons (Fsp3) is 0.292. The topological polar surface area (TPSA) is 71.1 Å². The first kappa shape index (κ1) is 23.3. The Morgan fingerprint density at radius 1 is 1.09 bits per heavy atom. The van der Waals surface area contributed by atoms with Crippen LogP contribution in [0.5, 0.6) is 11.5 Å². The quantitative estimate of drug-likeness (QED) is 0.373. The number of benzene rings is 2. The molecule has 0 saturated carbocycles. The van der Waals surface area contributed by atoms with Gasteiger partial charge in [0.25, 0.3) is 11.8 Å². The Hall–Kier alpha value is -3.39. The second-order valence-electron chi connectivity index (χ2n) is 6.99. The van der Waals surface area contributed by atoms with Gasteiger partial charge in [-0.1, -0.05) is 6.07 Å². The standard InChI is InChI=1S/C24H27N3O4S/c1-5-26(6-2)17-12-11-16(21(15-17)30-4)13-20-22(28)25-24(32)27(23(20)29)18-9-8-10-19(14-18)31-7-3/h8-15H,5-7H2,1-4H3,(H,25,28,32)/b20-13+. The fourth-order valence-electron chi connectivity index (χ4n) is 3.53. The highest BCUT2D eigenvalue weighted by molar-refractivity contribution is 7.80. The van der Waals surface area contributed by atoms with Gasteiger partial charge < -0.3 is 14.4 Å². The molecule has 0 aromatic heterocycles. The summed E-state index contributed by atoms with van der Waals surface area (Å²) in [5.74, 6) is 0.117. The first-order chi connectivity index (χ1) is 15.4. The molecule has 1 N–H and O–H groups in total. The van der Waals surface area contributed by atoms with Crippen LogP contribution in [-0.4, -0.2) is 43.7 Å². The number of nitrogens with zero attached hydrogens (tertiary/aromatic N) is 2. The molecule has 0 spiro atoms. The lowest BCUT2D eigenvalue weighted by atomic mass is 10.1. The highest BCUT2D eigenvalue weighted by Gasteiger charge is 2.34. The molecular formula is C24H27N3O4S. The Balaban J connectivity index is 2.00. The number of nitrogens with one attached hydrogen (secondary N) is 1. The Morgan fingerprint density at radius 2 is 1.84 bits per heavy atom. The third-order valence-electron chi connectivity index (χ3n) is 5.13. The molecular weight excluding hydrogens is 426 g/mol. The number of rotatable bonds is 8. The van der Waals surface area contributed by atoms with E-state index in [1.807, 2.05) is 25.1 Å². The number of amides is 2. The molecule has 3 rings (SSSR count). The number of thiocarbonyl (C=S) groups is 1. The van der Waals surface area contributed by atoms with Crippen LogP contribution in [0.15, 0.2) is 48.0 Å². The van der Waals surface area contributed by atoms with Gasteiger partial charge in [-0.05, 0) is 63.3 Å². The predicted molar refractivity (Wildman–Crippen MR) is 130 cm³/mol. The van der Waals surface area contributed by atoms with E-state index in [0.29, 0.717) is 29.4 Å². The van der Waals surface area contributed by atoms with Crippen molar-refractivity contribution in [3.63, 3.8) is 0 Å². The molecule has 0 radical (unpaired) electrons. The summed E-state index contributed by atoms with van der Waals surface area (Å²) in [6, 6.07) is 12.7. The van der Waals surface area contributed by atoms with Crippen molar-refractivity contribution in [2.24, 2.45) is 0 Å². The van der Waals surface area contributed by atoms with Crippen LogP contribution in [0.4, 0.5) is 11.4 Å². The molecule has 2 amide bonds.